The number of fused-ring (bicyclic) bond motifs is 1. The molecule has 0 fully saturated rings. The molecule has 23 heavy (non-hydrogen) atoms. The molecule has 2 aromatic carbocycles. The van der Waals surface area contributed by atoms with E-state index < -0.39 is 11.7 Å². The van der Waals surface area contributed by atoms with E-state index in [1.165, 1.54) is 18.2 Å². The van der Waals surface area contributed by atoms with E-state index in [4.69, 9.17) is 11.6 Å². The van der Waals surface area contributed by atoms with Crippen LogP contribution in [0.4, 0.5) is 10.1 Å². The van der Waals surface area contributed by atoms with E-state index in [1.54, 1.807) is 12.1 Å². The van der Waals surface area contributed by atoms with Gasteiger partial charge in [0.15, 0.2) is 0 Å². The van der Waals surface area contributed by atoms with Crippen molar-refractivity contribution in [3.63, 3.8) is 0 Å². The first-order valence-electron chi connectivity index (χ1n) is 7.14. The Morgan fingerprint density at radius 3 is 2.74 bits per heavy atom. The lowest BCUT2D eigenvalue weighted by Crippen LogP contribution is -2.34. The summed E-state index contributed by atoms with van der Waals surface area (Å²) in [6, 6.07) is 11.2. The van der Waals surface area contributed by atoms with Crippen molar-refractivity contribution in [2.75, 3.05) is 5.32 Å². The first-order valence-corrected chi connectivity index (χ1v) is 7.52. The Bertz CT molecular complexity index is 762. The van der Waals surface area contributed by atoms with Gasteiger partial charge in [-0.2, -0.15) is 0 Å². The van der Waals surface area contributed by atoms with E-state index in [0.29, 0.717) is 22.8 Å². The SMILES string of the molecule is O=C1C[C@@H](C(=O)NCc2ccc(Cl)cc2)c2ccc(F)cc2N1. The summed E-state index contributed by atoms with van der Waals surface area (Å²) in [7, 11) is 0. The predicted octanol–water partition coefficient (Wildman–Crippen LogP) is 3.22. The fraction of sp³-hybridized carbons (Fsp3) is 0.176. The summed E-state index contributed by atoms with van der Waals surface area (Å²) >= 11 is 5.82. The molecular formula is C17H14ClFN2O2. The van der Waals surface area contributed by atoms with Crippen LogP contribution in [0.2, 0.25) is 5.02 Å². The molecule has 0 saturated heterocycles. The monoisotopic (exact) mass is 332 g/mol. The number of carbonyl (C=O) groups is 2. The Hall–Kier alpha value is -2.40. The van der Waals surface area contributed by atoms with Crippen LogP contribution in [0, 0.1) is 5.82 Å². The molecule has 3 rings (SSSR count). The Labute approximate surface area is 137 Å². The Morgan fingerprint density at radius 2 is 2.00 bits per heavy atom. The molecule has 0 radical (unpaired) electrons. The number of benzene rings is 2. The average Bonchev–Trinajstić information content (AvgIpc) is 2.52. The van der Waals surface area contributed by atoms with E-state index in [9.17, 15) is 14.0 Å². The maximum absolute atomic E-state index is 13.3. The summed E-state index contributed by atoms with van der Waals surface area (Å²) < 4.78 is 13.3. The van der Waals surface area contributed by atoms with Crippen LogP contribution < -0.4 is 10.6 Å². The summed E-state index contributed by atoms with van der Waals surface area (Å²) in [5, 5.41) is 6.03. The lowest BCUT2D eigenvalue weighted by Gasteiger charge is -2.24. The molecule has 2 amide bonds. The molecule has 0 bridgehead atoms. The molecule has 1 aliphatic heterocycles. The van der Waals surface area contributed by atoms with Gasteiger partial charge in [0.2, 0.25) is 11.8 Å². The lowest BCUT2D eigenvalue weighted by atomic mass is 9.89. The highest BCUT2D eigenvalue weighted by Crippen LogP contribution is 2.32. The molecule has 2 aromatic rings. The molecule has 1 heterocycles. The summed E-state index contributed by atoms with van der Waals surface area (Å²) in [6.07, 6.45) is 0.0467. The van der Waals surface area contributed by atoms with Crippen LogP contribution in [-0.2, 0) is 16.1 Å². The van der Waals surface area contributed by atoms with Crippen LogP contribution in [0.3, 0.4) is 0 Å². The Morgan fingerprint density at radius 1 is 1.26 bits per heavy atom. The van der Waals surface area contributed by atoms with E-state index in [0.717, 1.165) is 5.56 Å². The second kappa shape index (κ2) is 6.38. The summed E-state index contributed by atoms with van der Waals surface area (Å²) in [5.41, 5.74) is 1.88. The zero-order valence-electron chi connectivity index (χ0n) is 12.1. The fourth-order valence-corrected chi connectivity index (χ4v) is 2.71. The van der Waals surface area contributed by atoms with Crippen LogP contribution in [0.5, 0.6) is 0 Å². The van der Waals surface area contributed by atoms with Crippen molar-refractivity contribution in [1.82, 2.24) is 5.32 Å². The third kappa shape index (κ3) is 3.51. The topological polar surface area (TPSA) is 58.2 Å². The first kappa shape index (κ1) is 15.5. The number of hydrogen-bond acceptors (Lipinski definition) is 2. The molecule has 1 atom stereocenters. The summed E-state index contributed by atoms with van der Waals surface area (Å²) in [4.78, 5) is 24.2. The number of hydrogen-bond donors (Lipinski definition) is 2. The summed E-state index contributed by atoms with van der Waals surface area (Å²) in [5.74, 6) is -1.63. The summed E-state index contributed by atoms with van der Waals surface area (Å²) in [6.45, 7) is 0.338. The maximum atomic E-state index is 13.3. The number of carbonyl (C=O) groups excluding carboxylic acids is 2. The van der Waals surface area contributed by atoms with Gasteiger partial charge < -0.3 is 10.6 Å². The molecule has 0 saturated carbocycles. The highest BCUT2D eigenvalue weighted by Gasteiger charge is 2.30. The van der Waals surface area contributed by atoms with Crippen molar-refractivity contribution in [3.8, 4) is 0 Å². The van der Waals surface area contributed by atoms with Gasteiger partial charge in [-0.15, -0.1) is 0 Å². The van der Waals surface area contributed by atoms with Crippen molar-refractivity contribution in [3.05, 3.63) is 64.4 Å². The number of anilines is 1. The Balaban J connectivity index is 1.74. The minimum Gasteiger partial charge on any atom is -0.351 e. The van der Waals surface area contributed by atoms with Crippen molar-refractivity contribution >= 4 is 29.1 Å². The van der Waals surface area contributed by atoms with Gasteiger partial charge in [-0.1, -0.05) is 29.8 Å². The molecule has 0 aromatic heterocycles. The van der Waals surface area contributed by atoms with Gasteiger partial charge in [-0.3, -0.25) is 9.59 Å². The minimum atomic E-state index is -0.619. The molecule has 2 N–H and O–H groups in total. The van der Waals surface area contributed by atoms with E-state index >= 15 is 0 Å². The van der Waals surface area contributed by atoms with Crippen LogP contribution in [0.15, 0.2) is 42.5 Å². The zero-order chi connectivity index (χ0) is 16.4. The van der Waals surface area contributed by atoms with Gasteiger partial charge in [0.1, 0.15) is 5.82 Å². The number of nitrogens with one attached hydrogen (secondary N) is 2. The quantitative estimate of drug-likeness (QED) is 0.906. The molecule has 1 aliphatic rings. The van der Waals surface area contributed by atoms with Gasteiger partial charge in [0, 0.05) is 23.7 Å². The van der Waals surface area contributed by atoms with Crippen molar-refractivity contribution < 1.29 is 14.0 Å². The fourth-order valence-electron chi connectivity index (χ4n) is 2.59. The second-order valence-corrected chi connectivity index (χ2v) is 5.82. The standard InChI is InChI=1S/C17H14ClFN2O2/c18-11-3-1-10(2-4-11)9-20-17(23)14-8-16(22)21-15-7-12(19)5-6-13(14)15/h1-7,14H,8-9H2,(H,20,23)(H,21,22)/t14-/m1/s1. The van der Waals surface area contributed by atoms with Crippen molar-refractivity contribution in [1.29, 1.82) is 0 Å². The van der Waals surface area contributed by atoms with Crippen LogP contribution >= 0.6 is 11.6 Å². The highest BCUT2D eigenvalue weighted by molar-refractivity contribution is 6.30. The average molecular weight is 333 g/mol. The third-order valence-corrected chi connectivity index (χ3v) is 4.00. The highest BCUT2D eigenvalue weighted by atomic mass is 35.5. The van der Waals surface area contributed by atoms with Gasteiger partial charge in [0.25, 0.3) is 0 Å². The minimum absolute atomic E-state index is 0.0467. The molecule has 0 unspecified atom stereocenters. The second-order valence-electron chi connectivity index (χ2n) is 5.38. The third-order valence-electron chi connectivity index (χ3n) is 3.75. The van der Waals surface area contributed by atoms with Gasteiger partial charge in [-0.05, 0) is 35.4 Å². The molecular weight excluding hydrogens is 319 g/mol. The smallest absolute Gasteiger partial charge is 0.228 e. The van der Waals surface area contributed by atoms with E-state index in [-0.39, 0.29) is 18.2 Å². The van der Waals surface area contributed by atoms with Crippen LogP contribution in [0.1, 0.15) is 23.5 Å². The van der Waals surface area contributed by atoms with Crippen molar-refractivity contribution in [2.45, 2.75) is 18.9 Å². The molecule has 4 nitrogen and oxygen atoms in total. The maximum Gasteiger partial charge on any atom is 0.228 e. The van der Waals surface area contributed by atoms with E-state index in [2.05, 4.69) is 10.6 Å². The van der Waals surface area contributed by atoms with Gasteiger partial charge in [-0.25, -0.2) is 4.39 Å². The molecule has 118 valence electrons. The molecule has 0 aliphatic carbocycles. The zero-order valence-corrected chi connectivity index (χ0v) is 12.9. The predicted molar refractivity (Wildman–Crippen MR) is 85.7 cm³/mol. The van der Waals surface area contributed by atoms with Gasteiger partial charge >= 0.3 is 0 Å². The van der Waals surface area contributed by atoms with E-state index in [1.807, 2.05) is 12.1 Å². The normalized spacial score (nSPS) is 16.4. The number of halogens is 2. The Kier molecular flexibility index (Phi) is 4.30. The first-order chi connectivity index (χ1) is 11.0. The number of rotatable bonds is 3. The number of amides is 2. The molecule has 0 spiro atoms. The largest absolute Gasteiger partial charge is 0.351 e. The van der Waals surface area contributed by atoms with Crippen LogP contribution in [-0.4, -0.2) is 11.8 Å². The lowest BCUT2D eigenvalue weighted by molar-refractivity contribution is -0.126. The van der Waals surface area contributed by atoms with Crippen molar-refractivity contribution in [2.24, 2.45) is 0 Å². The van der Waals surface area contributed by atoms with Gasteiger partial charge in [0.05, 0.1) is 5.92 Å². The van der Waals surface area contributed by atoms with Crippen LogP contribution in [0.25, 0.3) is 0 Å². The molecule has 6 heteroatoms.